The van der Waals surface area contributed by atoms with Gasteiger partial charge in [-0.25, -0.2) is 4.39 Å². The molecule has 2 rings (SSSR count). The van der Waals surface area contributed by atoms with Crippen molar-refractivity contribution < 1.29 is 9.13 Å². The quantitative estimate of drug-likeness (QED) is 0.907. The summed E-state index contributed by atoms with van der Waals surface area (Å²) >= 11 is 0. The molecule has 0 bridgehead atoms. The van der Waals surface area contributed by atoms with Gasteiger partial charge in [0.15, 0.2) is 0 Å². The number of likely N-dealkylation sites (N-methyl/N-ethyl adjacent to an activating group) is 1. The molecule has 3 nitrogen and oxygen atoms in total. The second-order valence-electron chi connectivity index (χ2n) is 6.52. The smallest absolute Gasteiger partial charge is 0.123 e. The SMILES string of the molecule is CC(C)C1CC(CN)(N(C)Cc2cccc(F)c2)CCO1. The molecule has 2 atom stereocenters. The van der Waals surface area contributed by atoms with Crippen LogP contribution in [-0.4, -0.2) is 36.7 Å². The van der Waals surface area contributed by atoms with Crippen LogP contribution < -0.4 is 5.73 Å². The van der Waals surface area contributed by atoms with Gasteiger partial charge >= 0.3 is 0 Å². The molecular formula is C17H27FN2O. The number of ether oxygens (including phenoxy) is 1. The Bertz CT molecular complexity index is 466. The van der Waals surface area contributed by atoms with Gasteiger partial charge in [0.2, 0.25) is 0 Å². The van der Waals surface area contributed by atoms with Crippen molar-refractivity contribution in [2.75, 3.05) is 20.2 Å². The second-order valence-corrected chi connectivity index (χ2v) is 6.52. The van der Waals surface area contributed by atoms with Crippen LogP contribution in [0.3, 0.4) is 0 Å². The predicted octanol–water partition coefficient (Wildman–Crippen LogP) is 2.79. The normalized spacial score (nSPS) is 26.5. The van der Waals surface area contributed by atoms with Crippen molar-refractivity contribution in [1.29, 1.82) is 0 Å². The molecule has 0 amide bonds. The Kier molecular flexibility index (Phi) is 5.36. The topological polar surface area (TPSA) is 38.5 Å². The van der Waals surface area contributed by atoms with Crippen molar-refractivity contribution in [2.24, 2.45) is 11.7 Å². The van der Waals surface area contributed by atoms with E-state index in [4.69, 9.17) is 10.5 Å². The standard InChI is InChI=1S/C17H27FN2O/c1-13(2)16-10-17(12-19,7-8-21-16)20(3)11-14-5-4-6-15(18)9-14/h4-6,9,13,16H,7-8,10-12,19H2,1-3H3. The van der Waals surface area contributed by atoms with Gasteiger partial charge in [0, 0.05) is 25.2 Å². The van der Waals surface area contributed by atoms with Gasteiger partial charge in [0.25, 0.3) is 0 Å². The minimum absolute atomic E-state index is 0.0560. The van der Waals surface area contributed by atoms with Crippen LogP contribution in [0.25, 0.3) is 0 Å². The van der Waals surface area contributed by atoms with Crippen LogP contribution in [0.5, 0.6) is 0 Å². The van der Waals surface area contributed by atoms with E-state index < -0.39 is 0 Å². The van der Waals surface area contributed by atoms with Crippen LogP contribution in [-0.2, 0) is 11.3 Å². The zero-order chi connectivity index (χ0) is 15.5. The van der Waals surface area contributed by atoms with Crippen molar-refractivity contribution in [1.82, 2.24) is 4.90 Å². The van der Waals surface area contributed by atoms with Crippen LogP contribution >= 0.6 is 0 Å². The summed E-state index contributed by atoms with van der Waals surface area (Å²) in [4.78, 5) is 2.28. The summed E-state index contributed by atoms with van der Waals surface area (Å²) in [6.07, 6.45) is 2.11. The first-order valence-electron chi connectivity index (χ1n) is 7.74. The largest absolute Gasteiger partial charge is 0.378 e. The highest BCUT2D eigenvalue weighted by atomic mass is 19.1. The molecule has 1 aliphatic heterocycles. The van der Waals surface area contributed by atoms with Gasteiger partial charge in [-0.3, -0.25) is 4.90 Å². The number of rotatable bonds is 5. The van der Waals surface area contributed by atoms with Crippen molar-refractivity contribution in [3.8, 4) is 0 Å². The van der Waals surface area contributed by atoms with E-state index in [0.29, 0.717) is 19.0 Å². The third-order valence-electron chi connectivity index (χ3n) is 4.72. The summed E-state index contributed by atoms with van der Waals surface area (Å²) < 4.78 is 19.2. The lowest BCUT2D eigenvalue weighted by atomic mass is 9.82. The molecule has 0 aliphatic carbocycles. The summed E-state index contributed by atoms with van der Waals surface area (Å²) in [5.74, 6) is 0.300. The van der Waals surface area contributed by atoms with Crippen LogP contribution in [0, 0.1) is 11.7 Å². The fourth-order valence-corrected chi connectivity index (χ4v) is 3.13. The minimum Gasteiger partial charge on any atom is -0.378 e. The van der Waals surface area contributed by atoms with Gasteiger partial charge in [-0.1, -0.05) is 26.0 Å². The minimum atomic E-state index is -0.185. The van der Waals surface area contributed by atoms with E-state index in [1.165, 1.54) is 6.07 Å². The van der Waals surface area contributed by atoms with E-state index in [1.807, 2.05) is 6.07 Å². The van der Waals surface area contributed by atoms with E-state index in [9.17, 15) is 4.39 Å². The van der Waals surface area contributed by atoms with Gasteiger partial charge in [-0.15, -0.1) is 0 Å². The number of hydrogen-bond acceptors (Lipinski definition) is 3. The maximum Gasteiger partial charge on any atom is 0.123 e. The maximum absolute atomic E-state index is 13.3. The number of benzene rings is 1. The Morgan fingerprint density at radius 2 is 2.24 bits per heavy atom. The Morgan fingerprint density at radius 3 is 2.86 bits per heavy atom. The third-order valence-corrected chi connectivity index (χ3v) is 4.72. The van der Waals surface area contributed by atoms with Gasteiger partial charge in [0.1, 0.15) is 5.82 Å². The van der Waals surface area contributed by atoms with Gasteiger partial charge in [-0.2, -0.15) is 0 Å². The number of nitrogens with two attached hydrogens (primary N) is 1. The first kappa shape index (κ1) is 16.4. The molecule has 1 aromatic carbocycles. The van der Waals surface area contributed by atoms with Crippen LogP contribution in [0.4, 0.5) is 4.39 Å². The molecule has 1 aromatic rings. The molecular weight excluding hydrogens is 267 g/mol. The Labute approximate surface area is 127 Å². The van der Waals surface area contributed by atoms with Crippen LogP contribution in [0.15, 0.2) is 24.3 Å². The van der Waals surface area contributed by atoms with Crippen LogP contribution in [0.2, 0.25) is 0 Å². The lowest BCUT2D eigenvalue weighted by Gasteiger charge is -2.47. The molecule has 0 aromatic heterocycles. The molecule has 1 aliphatic rings. The van der Waals surface area contributed by atoms with E-state index in [2.05, 4.69) is 25.8 Å². The molecule has 1 fully saturated rings. The van der Waals surface area contributed by atoms with Crippen molar-refractivity contribution >= 4 is 0 Å². The molecule has 0 radical (unpaired) electrons. The van der Waals surface area contributed by atoms with Crippen LogP contribution in [0.1, 0.15) is 32.3 Å². The molecule has 21 heavy (non-hydrogen) atoms. The van der Waals surface area contributed by atoms with E-state index in [-0.39, 0.29) is 17.5 Å². The van der Waals surface area contributed by atoms with Crippen molar-refractivity contribution in [2.45, 2.75) is 44.9 Å². The zero-order valence-corrected chi connectivity index (χ0v) is 13.3. The van der Waals surface area contributed by atoms with E-state index in [0.717, 1.165) is 25.0 Å². The lowest BCUT2D eigenvalue weighted by Crippen LogP contribution is -2.57. The first-order chi connectivity index (χ1) is 9.97. The number of halogens is 1. The van der Waals surface area contributed by atoms with E-state index >= 15 is 0 Å². The van der Waals surface area contributed by atoms with Gasteiger partial charge in [-0.05, 0) is 43.5 Å². The molecule has 1 saturated heterocycles. The fourth-order valence-electron chi connectivity index (χ4n) is 3.13. The Hall–Kier alpha value is -0.970. The zero-order valence-electron chi connectivity index (χ0n) is 13.3. The molecule has 1 heterocycles. The Balaban J connectivity index is 2.11. The highest BCUT2D eigenvalue weighted by molar-refractivity contribution is 5.16. The first-order valence-corrected chi connectivity index (χ1v) is 7.74. The predicted molar refractivity (Wildman–Crippen MR) is 83.5 cm³/mol. The fraction of sp³-hybridized carbons (Fsp3) is 0.647. The van der Waals surface area contributed by atoms with Crippen molar-refractivity contribution in [3.63, 3.8) is 0 Å². The average molecular weight is 294 g/mol. The Morgan fingerprint density at radius 1 is 1.48 bits per heavy atom. The van der Waals surface area contributed by atoms with Crippen molar-refractivity contribution in [3.05, 3.63) is 35.6 Å². The maximum atomic E-state index is 13.3. The molecule has 0 saturated carbocycles. The number of nitrogens with zero attached hydrogens (tertiary/aromatic N) is 1. The van der Waals surface area contributed by atoms with Gasteiger partial charge in [0.05, 0.1) is 6.10 Å². The highest BCUT2D eigenvalue weighted by Gasteiger charge is 2.40. The second kappa shape index (κ2) is 6.86. The summed E-state index contributed by atoms with van der Waals surface area (Å²) in [6.45, 7) is 6.42. The summed E-state index contributed by atoms with van der Waals surface area (Å²) in [5.41, 5.74) is 7.04. The van der Waals surface area contributed by atoms with Gasteiger partial charge < -0.3 is 10.5 Å². The molecule has 2 N–H and O–H groups in total. The lowest BCUT2D eigenvalue weighted by molar-refractivity contribution is -0.0834. The third kappa shape index (κ3) is 3.82. The molecule has 118 valence electrons. The molecule has 2 unspecified atom stereocenters. The molecule has 4 heteroatoms. The summed E-state index contributed by atoms with van der Waals surface area (Å²) in [5, 5.41) is 0. The average Bonchev–Trinajstić information content (AvgIpc) is 2.47. The highest BCUT2D eigenvalue weighted by Crippen LogP contribution is 2.33. The summed E-state index contributed by atoms with van der Waals surface area (Å²) in [7, 11) is 2.08. The number of hydrogen-bond donors (Lipinski definition) is 1. The monoisotopic (exact) mass is 294 g/mol. The van der Waals surface area contributed by atoms with E-state index in [1.54, 1.807) is 12.1 Å². The molecule has 0 spiro atoms. The summed E-state index contributed by atoms with van der Waals surface area (Å²) in [6, 6.07) is 6.79.